The van der Waals surface area contributed by atoms with E-state index in [4.69, 9.17) is 12.2 Å². The SMILES string of the molecule is Cc1ccccc1C(C)NC(=S)Nc1ccc(N2CCCC2=O)c(C)c1. The fraction of sp³-hybridized carbons (Fsp3) is 0.333. The van der Waals surface area contributed by atoms with Gasteiger partial charge in [-0.1, -0.05) is 24.3 Å². The van der Waals surface area contributed by atoms with Crippen LogP contribution in [0.4, 0.5) is 11.4 Å². The Kier molecular flexibility index (Phi) is 5.57. The van der Waals surface area contributed by atoms with Crippen molar-refractivity contribution in [2.24, 2.45) is 0 Å². The molecule has 0 bridgehead atoms. The first-order valence-electron chi connectivity index (χ1n) is 9.00. The van der Waals surface area contributed by atoms with E-state index < -0.39 is 0 Å². The van der Waals surface area contributed by atoms with Crippen LogP contribution in [0, 0.1) is 13.8 Å². The summed E-state index contributed by atoms with van der Waals surface area (Å²) in [6, 6.07) is 14.4. The molecule has 1 amide bonds. The van der Waals surface area contributed by atoms with Crippen molar-refractivity contribution in [2.45, 2.75) is 39.7 Å². The van der Waals surface area contributed by atoms with Crippen molar-refractivity contribution < 1.29 is 4.79 Å². The van der Waals surface area contributed by atoms with E-state index in [1.54, 1.807) is 0 Å². The molecule has 1 atom stereocenters. The highest BCUT2D eigenvalue weighted by Gasteiger charge is 2.23. The summed E-state index contributed by atoms with van der Waals surface area (Å²) in [5.74, 6) is 0.207. The zero-order valence-corrected chi connectivity index (χ0v) is 16.3. The molecule has 2 aromatic carbocycles. The molecule has 136 valence electrons. The molecule has 1 aliphatic rings. The lowest BCUT2D eigenvalue weighted by molar-refractivity contribution is -0.117. The number of benzene rings is 2. The topological polar surface area (TPSA) is 44.4 Å². The standard InChI is InChI=1S/C21H25N3OS/c1-14-7-4-5-8-18(14)16(3)22-21(26)23-17-10-11-19(15(2)13-17)24-12-6-9-20(24)25/h4-5,7-8,10-11,13,16H,6,9,12H2,1-3H3,(H2,22,23,26). The predicted octanol–water partition coefficient (Wildman–Crippen LogP) is 4.48. The molecule has 26 heavy (non-hydrogen) atoms. The number of carbonyl (C=O) groups is 1. The van der Waals surface area contributed by atoms with E-state index in [0.717, 1.165) is 29.9 Å². The van der Waals surface area contributed by atoms with Crippen LogP contribution >= 0.6 is 12.2 Å². The Morgan fingerprint density at radius 3 is 2.58 bits per heavy atom. The van der Waals surface area contributed by atoms with Gasteiger partial charge in [0.15, 0.2) is 5.11 Å². The first kappa shape index (κ1) is 18.4. The number of carbonyl (C=O) groups excluding carboxylic acids is 1. The number of amides is 1. The molecule has 2 aromatic rings. The first-order chi connectivity index (χ1) is 12.5. The molecule has 2 N–H and O–H groups in total. The van der Waals surface area contributed by atoms with Gasteiger partial charge in [0.2, 0.25) is 5.91 Å². The Bertz CT molecular complexity index is 834. The molecular weight excluding hydrogens is 342 g/mol. The minimum absolute atomic E-state index is 0.124. The maximum atomic E-state index is 12.0. The summed E-state index contributed by atoms with van der Waals surface area (Å²) in [5.41, 5.74) is 5.46. The summed E-state index contributed by atoms with van der Waals surface area (Å²) in [6.45, 7) is 7.04. The molecular formula is C21H25N3OS. The lowest BCUT2D eigenvalue weighted by Gasteiger charge is -2.21. The second-order valence-corrected chi connectivity index (χ2v) is 7.24. The van der Waals surface area contributed by atoms with Gasteiger partial charge in [0, 0.05) is 24.3 Å². The summed E-state index contributed by atoms with van der Waals surface area (Å²) in [4.78, 5) is 13.8. The Hall–Kier alpha value is -2.40. The van der Waals surface area contributed by atoms with Crippen LogP contribution in [0.2, 0.25) is 0 Å². The van der Waals surface area contributed by atoms with Gasteiger partial charge in [-0.3, -0.25) is 4.79 Å². The van der Waals surface area contributed by atoms with E-state index in [1.165, 1.54) is 11.1 Å². The second-order valence-electron chi connectivity index (χ2n) is 6.83. The molecule has 1 unspecified atom stereocenters. The van der Waals surface area contributed by atoms with Crippen molar-refractivity contribution in [3.63, 3.8) is 0 Å². The lowest BCUT2D eigenvalue weighted by Crippen LogP contribution is -2.31. The third-order valence-electron chi connectivity index (χ3n) is 4.82. The molecule has 5 heteroatoms. The van der Waals surface area contributed by atoms with E-state index in [2.05, 4.69) is 36.6 Å². The first-order valence-corrected chi connectivity index (χ1v) is 9.40. The Morgan fingerprint density at radius 2 is 1.92 bits per heavy atom. The number of nitrogens with zero attached hydrogens (tertiary/aromatic N) is 1. The molecule has 0 saturated carbocycles. The summed E-state index contributed by atoms with van der Waals surface area (Å²) in [5, 5.41) is 7.17. The average molecular weight is 368 g/mol. The van der Waals surface area contributed by atoms with Gasteiger partial charge in [0.1, 0.15) is 0 Å². The van der Waals surface area contributed by atoms with Crippen LogP contribution < -0.4 is 15.5 Å². The third-order valence-corrected chi connectivity index (χ3v) is 5.04. The summed E-state index contributed by atoms with van der Waals surface area (Å²) >= 11 is 5.47. The van der Waals surface area contributed by atoms with Gasteiger partial charge in [-0.25, -0.2) is 0 Å². The quantitative estimate of drug-likeness (QED) is 0.782. The maximum absolute atomic E-state index is 12.0. The number of aryl methyl sites for hydroxylation is 2. The van der Waals surface area contributed by atoms with E-state index in [-0.39, 0.29) is 11.9 Å². The largest absolute Gasteiger partial charge is 0.356 e. The molecule has 0 radical (unpaired) electrons. The van der Waals surface area contributed by atoms with Crippen LogP contribution in [0.25, 0.3) is 0 Å². The van der Waals surface area contributed by atoms with Crippen LogP contribution in [0.1, 0.15) is 42.5 Å². The van der Waals surface area contributed by atoms with Gasteiger partial charge in [-0.05, 0) is 74.3 Å². The number of hydrogen-bond donors (Lipinski definition) is 2. The molecule has 4 nitrogen and oxygen atoms in total. The minimum atomic E-state index is 0.124. The fourth-order valence-corrected chi connectivity index (χ4v) is 3.75. The monoisotopic (exact) mass is 367 g/mol. The van der Waals surface area contributed by atoms with E-state index >= 15 is 0 Å². The molecule has 0 spiro atoms. The zero-order valence-electron chi connectivity index (χ0n) is 15.5. The average Bonchev–Trinajstić information content (AvgIpc) is 3.01. The predicted molar refractivity (Wildman–Crippen MR) is 112 cm³/mol. The van der Waals surface area contributed by atoms with Gasteiger partial charge in [0.25, 0.3) is 0 Å². The van der Waals surface area contributed by atoms with E-state index in [9.17, 15) is 4.79 Å². The van der Waals surface area contributed by atoms with Crippen LogP contribution in [0.3, 0.4) is 0 Å². The summed E-state index contributed by atoms with van der Waals surface area (Å²) in [6.07, 6.45) is 1.58. The molecule has 0 aromatic heterocycles. The lowest BCUT2D eigenvalue weighted by atomic mass is 10.0. The van der Waals surface area contributed by atoms with Crippen molar-refractivity contribution in [3.05, 3.63) is 59.2 Å². The fourth-order valence-electron chi connectivity index (χ4n) is 3.45. The molecule has 3 rings (SSSR count). The smallest absolute Gasteiger partial charge is 0.227 e. The molecule has 1 heterocycles. The number of thiocarbonyl (C=S) groups is 1. The van der Waals surface area contributed by atoms with Crippen molar-refractivity contribution in [2.75, 3.05) is 16.8 Å². The van der Waals surface area contributed by atoms with Crippen LogP contribution in [-0.2, 0) is 4.79 Å². The number of rotatable bonds is 4. The summed E-state index contributed by atoms with van der Waals surface area (Å²) < 4.78 is 0. The van der Waals surface area contributed by atoms with Gasteiger partial charge < -0.3 is 15.5 Å². The Balaban J connectivity index is 1.65. The van der Waals surface area contributed by atoms with Gasteiger partial charge >= 0.3 is 0 Å². The maximum Gasteiger partial charge on any atom is 0.227 e. The summed E-state index contributed by atoms with van der Waals surface area (Å²) in [7, 11) is 0. The van der Waals surface area contributed by atoms with E-state index in [0.29, 0.717) is 11.5 Å². The van der Waals surface area contributed by atoms with Crippen molar-refractivity contribution in [1.29, 1.82) is 0 Å². The van der Waals surface area contributed by atoms with Crippen LogP contribution in [0.15, 0.2) is 42.5 Å². The highest BCUT2D eigenvalue weighted by molar-refractivity contribution is 7.80. The highest BCUT2D eigenvalue weighted by Crippen LogP contribution is 2.27. The number of hydrogen-bond acceptors (Lipinski definition) is 2. The third kappa shape index (κ3) is 4.05. The van der Waals surface area contributed by atoms with Gasteiger partial charge in [0.05, 0.1) is 6.04 Å². The zero-order chi connectivity index (χ0) is 18.7. The second kappa shape index (κ2) is 7.87. The van der Waals surface area contributed by atoms with Crippen molar-refractivity contribution >= 4 is 34.6 Å². The molecule has 1 saturated heterocycles. The molecule has 1 fully saturated rings. The highest BCUT2D eigenvalue weighted by atomic mass is 32.1. The van der Waals surface area contributed by atoms with E-state index in [1.807, 2.05) is 42.2 Å². The van der Waals surface area contributed by atoms with Crippen molar-refractivity contribution in [3.8, 4) is 0 Å². The molecule has 1 aliphatic heterocycles. The van der Waals surface area contributed by atoms with Crippen LogP contribution in [-0.4, -0.2) is 17.6 Å². The Morgan fingerprint density at radius 1 is 1.15 bits per heavy atom. The van der Waals surface area contributed by atoms with Gasteiger partial charge in [-0.2, -0.15) is 0 Å². The number of anilines is 2. The van der Waals surface area contributed by atoms with Crippen LogP contribution in [0.5, 0.6) is 0 Å². The van der Waals surface area contributed by atoms with Gasteiger partial charge in [-0.15, -0.1) is 0 Å². The molecule has 0 aliphatic carbocycles. The number of nitrogens with one attached hydrogen (secondary N) is 2. The van der Waals surface area contributed by atoms with Crippen molar-refractivity contribution in [1.82, 2.24) is 5.32 Å². The Labute approximate surface area is 160 Å². The minimum Gasteiger partial charge on any atom is -0.356 e. The normalized spacial score (nSPS) is 15.0.